The summed E-state index contributed by atoms with van der Waals surface area (Å²) in [5.41, 5.74) is 4.86. The van der Waals surface area contributed by atoms with Crippen LogP contribution < -0.4 is 4.72 Å². The summed E-state index contributed by atoms with van der Waals surface area (Å²) in [7, 11) is 0. The van der Waals surface area contributed by atoms with Gasteiger partial charge in [-0.1, -0.05) is 36.4 Å². The highest BCUT2D eigenvalue weighted by Crippen LogP contribution is 2.30. The number of anilines is 1. The summed E-state index contributed by atoms with van der Waals surface area (Å²) in [5, 5.41) is 9.27. The molecule has 0 bridgehead atoms. The van der Waals surface area contributed by atoms with Gasteiger partial charge in [-0.2, -0.15) is 5.26 Å². The van der Waals surface area contributed by atoms with E-state index >= 15 is 0 Å². The smallest absolute Gasteiger partial charge is 0.136 e. The van der Waals surface area contributed by atoms with Gasteiger partial charge in [0.15, 0.2) is 0 Å². The van der Waals surface area contributed by atoms with Crippen LogP contribution in [-0.4, -0.2) is 4.98 Å². The molecule has 0 atom stereocenters. The first-order valence-corrected chi connectivity index (χ1v) is 8.45. The molecule has 0 aliphatic heterocycles. The maximum atomic E-state index is 9.27. The number of rotatable bonds is 4. The quantitative estimate of drug-likeness (QED) is 0.654. The van der Waals surface area contributed by atoms with Crippen LogP contribution in [0.1, 0.15) is 16.8 Å². The van der Waals surface area contributed by atoms with Crippen LogP contribution >= 0.6 is 11.9 Å². The molecule has 0 aliphatic carbocycles. The summed E-state index contributed by atoms with van der Waals surface area (Å²) in [6, 6.07) is 22.1. The fraction of sp³-hybridized carbons (Fsp3) is 0.100. The highest BCUT2D eigenvalue weighted by Gasteiger charge is 2.07. The van der Waals surface area contributed by atoms with Gasteiger partial charge >= 0.3 is 0 Å². The molecule has 0 saturated carbocycles. The molecule has 0 unspecified atom stereocenters. The molecular weight excluding hydrogens is 314 g/mol. The lowest BCUT2D eigenvalue weighted by molar-refractivity contribution is 1.21. The molecule has 0 spiro atoms. The molecule has 3 aromatic rings. The largest absolute Gasteiger partial charge is 0.310 e. The van der Waals surface area contributed by atoms with E-state index in [1.54, 1.807) is 11.9 Å². The van der Waals surface area contributed by atoms with Crippen molar-refractivity contribution in [2.24, 2.45) is 0 Å². The van der Waals surface area contributed by atoms with Gasteiger partial charge in [0.05, 0.1) is 11.6 Å². The van der Waals surface area contributed by atoms with Crippen molar-refractivity contribution in [2.75, 3.05) is 4.72 Å². The Bertz CT molecular complexity index is 913. The molecule has 24 heavy (non-hydrogen) atoms. The Morgan fingerprint density at radius 1 is 1.00 bits per heavy atom. The lowest BCUT2D eigenvalue weighted by atomic mass is 9.99. The summed E-state index contributed by atoms with van der Waals surface area (Å²) in [6.45, 7) is 4.05. The molecule has 3 rings (SSSR count). The first kappa shape index (κ1) is 16.1. The van der Waals surface area contributed by atoms with Crippen molar-refractivity contribution < 1.29 is 0 Å². The topological polar surface area (TPSA) is 48.7 Å². The number of hydrogen-bond acceptors (Lipinski definition) is 4. The van der Waals surface area contributed by atoms with Crippen LogP contribution in [0, 0.1) is 25.2 Å². The SMILES string of the molecule is Cc1cccc(NSc2ccc(-c3ccccc3C#N)cc2C)n1. The molecule has 1 N–H and O–H groups in total. The second-order valence-electron chi connectivity index (χ2n) is 5.51. The van der Waals surface area contributed by atoms with Gasteiger partial charge < -0.3 is 4.72 Å². The number of nitrogens with one attached hydrogen (secondary N) is 1. The zero-order valence-electron chi connectivity index (χ0n) is 13.6. The van der Waals surface area contributed by atoms with Crippen LogP contribution in [-0.2, 0) is 0 Å². The Balaban J connectivity index is 1.81. The average molecular weight is 331 g/mol. The van der Waals surface area contributed by atoms with Crippen molar-refractivity contribution in [3.8, 4) is 17.2 Å². The predicted molar refractivity (Wildman–Crippen MR) is 99.8 cm³/mol. The lowest BCUT2D eigenvalue weighted by Crippen LogP contribution is -1.93. The van der Waals surface area contributed by atoms with Gasteiger partial charge in [0, 0.05) is 10.6 Å². The van der Waals surface area contributed by atoms with Crippen LogP contribution in [0.5, 0.6) is 0 Å². The Kier molecular flexibility index (Phi) is 4.83. The molecule has 1 heterocycles. The molecule has 0 fully saturated rings. The first-order chi connectivity index (χ1) is 11.7. The number of aromatic nitrogens is 1. The van der Waals surface area contributed by atoms with Crippen molar-refractivity contribution in [1.29, 1.82) is 5.26 Å². The van der Waals surface area contributed by atoms with Gasteiger partial charge in [-0.15, -0.1) is 0 Å². The Hall–Kier alpha value is -2.77. The van der Waals surface area contributed by atoms with Crippen LogP contribution in [0.25, 0.3) is 11.1 Å². The van der Waals surface area contributed by atoms with Crippen molar-refractivity contribution in [3.05, 3.63) is 77.5 Å². The highest BCUT2D eigenvalue weighted by molar-refractivity contribution is 8.00. The zero-order valence-corrected chi connectivity index (χ0v) is 14.4. The van der Waals surface area contributed by atoms with Gasteiger partial charge in [-0.25, -0.2) is 4.98 Å². The van der Waals surface area contributed by atoms with E-state index in [4.69, 9.17) is 0 Å². The molecule has 0 aliphatic rings. The number of pyridine rings is 1. The molecule has 0 saturated heterocycles. The Labute approximate surface area is 146 Å². The fourth-order valence-corrected chi connectivity index (χ4v) is 3.16. The minimum Gasteiger partial charge on any atom is -0.310 e. The van der Waals surface area contributed by atoms with Crippen molar-refractivity contribution >= 4 is 17.8 Å². The van der Waals surface area contributed by atoms with E-state index in [0.717, 1.165) is 33.1 Å². The third-order valence-corrected chi connectivity index (χ3v) is 4.68. The van der Waals surface area contributed by atoms with Crippen LogP contribution in [0.2, 0.25) is 0 Å². The number of nitriles is 1. The van der Waals surface area contributed by atoms with E-state index in [1.807, 2.05) is 49.4 Å². The van der Waals surface area contributed by atoms with Gasteiger partial charge in [0.1, 0.15) is 5.82 Å². The average Bonchev–Trinajstić information content (AvgIpc) is 2.60. The van der Waals surface area contributed by atoms with E-state index in [-0.39, 0.29) is 0 Å². The number of aryl methyl sites for hydroxylation is 2. The van der Waals surface area contributed by atoms with Gasteiger partial charge in [0.25, 0.3) is 0 Å². The third kappa shape index (κ3) is 3.58. The second-order valence-corrected chi connectivity index (χ2v) is 6.35. The number of nitrogens with zero attached hydrogens (tertiary/aromatic N) is 2. The molecule has 0 amide bonds. The summed E-state index contributed by atoms with van der Waals surface area (Å²) in [4.78, 5) is 5.57. The maximum Gasteiger partial charge on any atom is 0.136 e. The number of hydrogen-bond donors (Lipinski definition) is 1. The Morgan fingerprint density at radius 3 is 2.58 bits per heavy atom. The summed E-state index contributed by atoms with van der Waals surface area (Å²) < 4.78 is 3.28. The fourth-order valence-electron chi connectivity index (χ4n) is 2.47. The van der Waals surface area contributed by atoms with Crippen LogP contribution in [0.15, 0.2) is 65.6 Å². The van der Waals surface area contributed by atoms with Gasteiger partial charge in [0.2, 0.25) is 0 Å². The Morgan fingerprint density at radius 2 is 1.83 bits per heavy atom. The highest BCUT2D eigenvalue weighted by atomic mass is 32.2. The molecule has 0 radical (unpaired) electrons. The van der Waals surface area contributed by atoms with E-state index in [9.17, 15) is 5.26 Å². The molecule has 4 heteroatoms. The maximum absolute atomic E-state index is 9.27. The normalized spacial score (nSPS) is 10.2. The molecule has 1 aromatic heterocycles. The van der Waals surface area contributed by atoms with E-state index in [1.165, 1.54) is 0 Å². The standard InChI is InChI=1S/C20H17N3S/c1-14-12-16(18-8-4-3-7-17(18)13-21)10-11-19(14)24-23-20-9-5-6-15(2)22-20/h3-12H,1-2H3,(H,22,23). The van der Waals surface area contributed by atoms with Gasteiger partial charge in [-0.05, 0) is 66.8 Å². The van der Waals surface area contributed by atoms with Gasteiger partial charge in [-0.3, -0.25) is 0 Å². The molecule has 2 aromatic carbocycles. The molecule has 118 valence electrons. The van der Waals surface area contributed by atoms with E-state index in [0.29, 0.717) is 5.56 Å². The predicted octanol–water partition coefficient (Wildman–Crippen LogP) is 5.36. The molecular formula is C20H17N3S. The summed E-state index contributed by atoms with van der Waals surface area (Å²) in [5.74, 6) is 0.846. The van der Waals surface area contributed by atoms with Crippen molar-refractivity contribution in [3.63, 3.8) is 0 Å². The zero-order chi connectivity index (χ0) is 16.9. The monoisotopic (exact) mass is 331 g/mol. The summed E-state index contributed by atoms with van der Waals surface area (Å²) in [6.07, 6.45) is 0. The van der Waals surface area contributed by atoms with Crippen LogP contribution in [0.3, 0.4) is 0 Å². The molecule has 3 nitrogen and oxygen atoms in total. The van der Waals surface area contributed by atoms with Crippen molar-refractivity contribution in [1.82, 2.24) is 4.98 Å². The number of benzene rings is 2. The minimum absolute atomic E-state index is 0.694. The van der Waals surface area contributed by atoms with E-state index in [2.05, 4.69) is 40.9 Å². The first-order valence-electron chi connectivity index (χ1n) is 7.64. The summed E-state index contributed by atoms with van der Waals surface area (Å²) >= 11 is 1.55. The lowest BCUT2D eigenvalue weighted by Gasteiger charge is -2.10. The second kappa shape index (κ2) is 7.20. The minimum atomic E-state index is 0.694. The van der Waals surface area contributed by atoms with Crippen LogP contribution in [0.4, 0.5) is 5.82 Å². The van der Waals surface area contributed by atoms with E-state index < -0.39 is 0 Å². The third-order valence-electron chi connectivity index (χ3n) is 3.69. The van der Waals surface area contributed by atoms with Crippen molar-refractivity contribution in [2.45, 2.75) is 18.7 Å².